The highest BCUT2D eigenvalue weighted by molar-refractivity contribution is 7.87. The second-order valence-corrected chi connectivity index (χ2v) is 7.84. The average molecular weight is 457 g/mol. The summed E-state index contributed by atoms with van der Waals surface area (Å²) in [5.74, 6) is -0.0110. The van der Waals surface area contributed by atoms with Gasteiger partial charge in [0.05, 0.1) is 26.7 Å². The van der Waals surface area contributed by atoms with Crippen LogP contribution in [-0.2, 0) is 10.1 Å². The van der Waals surface area contributed by atoms with E-state index in [1.165, 1.54) is 21.3 Å². The molecule has 3 rings (SSSR count). The molecule has 7 nitrogen and oxygen atoms in total. The first-order valence-electron chi connectivity index (χ1n) is 8.75. The second-order valence-electron chi connectivity index (χ2n) is 6.31. The number of nitrogens with zero attached hydrogens (tertiary/aromatic N) is 1. The predicted octanol–water partition coefficient (Wildman–Crippen LogP) is 4.46. The largest absolute Gasteiger partial charge is 0.534 e. The Labute approximate surface area is 176 Å². The molecule has 0 aliphatic carbocycles. The zero-order valence-electron chi connectivity index (χ0n) is 16.9. The maximum absolute atomic E-state index is 12.9. The van der Waals surface area contributed by atoms with Crippen molar-refractivity contribution in [1.29, 1.82) is 0 Å². The molecule has 2 aromatic carbocycles. The third-order valence-corrected chi connectivity index (χ3v) is 5.46. The maximum Gasteiger partial charge on any atom is 0.534 e. The van der Waals surface area contributed by atoms with Gasteiger partial charge in [-0.2, -0.15) is 21.6 Å². The van der Waals surface area contributed by atoms with Crippen LogP contribution in [0.3, 0.4) is 0 Å². The van der Waals surface area contributed by atoms with Crippen molar-refractivity contribution in [2.75, 3.05) is 21.3 Å². The van der Waals surface area contributed by atoms with Crippen molar-refractivity contribution < 1.29 is 40.0 Å². The van der Waals surface area contributed by atoms with Crippen LogP contribution in [0.15, 0.2) is 36.4 Å². The van der Waals surface area contributed by atoms with Crippen LogP contribution in [0.5, 0.6) is 23.1 Å². The van der Waals surface area contributed by atoms with Crippen molar-refractivity contribution in [2.24, 2.45) is 0 Å². The third kappa shape index (κ3) is 3.92. The van der Waals surface area contributed by atoms with Crippen molar-refractivity contribution in [3.05, 3.63) is 42.0 Å². The van der Waals surface area contributed by atoms with E-state index in [-0.39, 0.29) is 17.0 Å². The summed E-state index contributed by atoms with van der Waals surface area (Å²) in [6.45, 7) is 1.64. The molecule has 0 bridgehead atoms. The van der Waals surface area contributed by atoms with E-state index in [9.17, 15) is 21.6 Å². The number of hydrogen-bond donors (Lipinski definition) is 0. The summed E-state index contributed by atoms with van der Waals surface area (Å²) in [5, 5.41) is 0.352. The van der Waals surface area contributed by atoms with Gasteiger partial charge in [-0.15, -0.1) is 0 Å². The zero-order valence-corrected chi connectivity index (χ0v) is 17.7. The summed E-state index contributed by atoms with van der Waals surface area (Å²) < 4.78 is 82.5. The van der Waals surface area contributed by atoms with Gasteiger partial charge in [0.2, 0.25) is 5.88 Å². The smallest absolute Gasteiger partial charge is 0.494 e. The Morgan fingerprint density at radius 2 is 1.48 bits per heavy atom. The van der Waals surface area contributed by atoms with E-state index < -0.39 is 21.5 Å². The molecule has 1 heterocycles. The molecule has 0 saturated carbocycles. The monoisotopic (exact) mass is 457 g/mol. The number of benzene rings is 2. The molecule has 1 aromatic heterocycles. The molecule has 0 aliphatic rings. The molecule has 0 atom stereocenters. The minimum absolute atomic E-state index is 0.0476. The topological polar surface area (TPSA) is 84.0 Å². The van der Waals surface area contributed by atoms with Gasteiger partial charge in [0, 0.05) is 17.2 Å². The van der Waals surface area contributed by atoms with Gasteiger partial charge < -0.3 is 18.4 Å². The van der Waals surface area contributed by atoms with E-state index in [0.717, 1.165) is 6.07 Å². The van der Waals surface area contributed by atoms with Crippen LogP contribution in [0, 0.1) is 6.92 Å². The third-order valence-electron chi connectivity index (χ3n) is 4.50. The molecule has 11 heteroatoms. The molecule has 0 amide bonds. The molecule has 0 fully saturated rings. The van der Waals surface area contributed by atoms with Crippen LogP contribution in [0.1, 0.15) is 5.56 Å². The summed E-state index contributed by atoms with van der Waals surface area (Å²) in [6, 6.07) is 9.65. The lowest BCUT2D eigenvalue weighted by atomic mass is 9.98. The van der Waals surface area contributed by atoms with Gasteiger partial charge in [-0.1, -0.05) is 30.3 Å². The van der Waals surface area contributed by atoms with Crippen molar-refractivity contribution in [3.8, 4) is 34.3 Å². The highest BCUT2D eigenvalue weighted by atomic mass is 32.2. The van der Waals surface area contributed by atoms with E-state index in [4.69, 9.17) is 14.2 Å². The summed E-state index contributed by atoms with van der Waals surface area (Å²) in [4.78, 5) is 4.01. The number of aromatic nitrogens is 1. The number of rotatable bonds is 6. The number of pyridine rings is 1. The van der Waals surface area contributed by atoms with Crippen molar-refractivity contribution >= 4 is 21.0 Å². The first-order chi connectivity index (χ1) is 14.6. The van der Waals surface area contributed by atoms with Gasteiger partial charge in [-0.05, 0) is 12.5 Å². The van der Waals surface area contributed by atoms with Crippen molar-refractivity contribution in [1.82, 2.24) is 4.98 Å². The lowest BCUT2D eigenvalue weighted by molar-refractivity contribution is -0.0501. The van der Waals surface area contributed by atoms with Gasteiger partial charge in [0.15, 0.2) is 17.2 Å². The number of halogens is 3. The van der Waals surface area contributed by atoms with Crippen LogP contribution < -0.4 is 18.4 Å². The zero-order chi connectivity index (χ0) is 23.0. The lowest BCUT2D eigenvalue weighted by Gasteiger charge is -2.20. The molecule has 0 spiro atoms. The minimum atomic E-state index is -5.94. The SMILES string of the molecule is COc1c(C)c(OC)c2nc(OS(=O)(=O)C(F)(F)F)cc(-c3ccccc3)c2c1OC. The molecule has 0 unspecified atom stereocenters. The second kappa shape index (κ2) is 8.14. The number of alkyl halides is 3. The lowest BCUT2D eigenvalue weighted by Crippen LogP contribution is -2.28. The highest BCUT2D eigenvalue weighted by Crippen LogP contribution is 2.49. The van der Waals surface area contributed by atoms with Crippen LogP contribution in [0.25, 0.3) is 22.0 Å². The van der Waals surface area contributed by atoms with E-state index in [1.807, 2.05) is 0 Å². The van der Waals surface area contributed by atoms with Crippen LogP contribution in [0.2, 0.25) is 0 Å². The molecule has 3 aromatic rings. The molecule has 0 N–H and O–H groups in total. The summed E-state index contributed by atoms with van der Waals surface area (Å²) in [7, 11) is -1.76. The van der Waals surface area contributed by atoms with Gasteiger partial charge in [0.25, 0.3) is 0 Å². The molecule has 0 aliphatic heterocycles. The van der Waals surface area contributed by atoms with Crippen LogP contribution in [-0.4, -0.2) is 40.2 Å². The van der Waals surface area contributed by atoms with E-state index >= 15 is 0 Å². The maximum atomic E-state index is 12.9. The Balaban J connectivity index is 2.47. The van der Waals surface area contributed by atoms with Gasteiger partial charge >= 0.3 is 15.6 Å². The van der Waals surface area contributed by atoms with Gasteiger partial charge in [0.1, 0.15) is 5.52 Å². The normalized spacial score (nSPS) is 12.0. The Hall–Kier alpha value is -3.21. The first-order valence-corrected chi connectivity index (χ1v) is 10.2. The molecular formula is C20H18F3NO6S. The average Bonchev–Trinajstić information content (AvgIpc) is 2.72. The van der Waals surface area contributed by atoms with Crippen LogP contribution in [0.4, 0.5) is 13.2 Å². The fraction of sp³-hybridized carbons (Fsp3) is 0.250. The number of methoxy groups -OCH3 is 3. The Morgan fingerprint density at radius 1 is 0.903 bits per heavy atom. The fourth-order valence-electron chi connectivity index (χ4n) is 3.22. The number of fused-ring (bicyclic) bond motifs is 1. The highest BCUT2D eigenvalue weighted by Gasteiger charge is 2.49. The Kier molecular flexibility index (Phi) is 5.90. The summed E-state index contributed by atoms with van der Waals surface area (Å²) >= 11 is 0. The number of hydrogen-bond acceptors (Lipinski definition) is 7. The van der Waals surface area contributed by atoms with Gasteiger partial charge in [-0.25, -0.2) is 4.98 Å². The van der Waals surface area contributed by atoms with E-state index in [0.29, 0.717) is 27.8 Å². The first kappa shape index (κ1) is 22.5. The standard InChI is InChI=1S/C20H18F3NO6S/c1-11-17(27-2)16-15(19(29-4)18(11)28-3)13(12-8-6-5-7-9-12)10-14(24-16)30-31(25,26)20(21,22)23/h5-10H,1-4H3. The van der Waals surface area contributed by atoms with Crippen molar-refractivity contribution in [2.45, 2.75) is 12.4 Å². The summed E-state index contributed by atoms with van der Waals surface area (Å²) in [5.41, 5.74) is -4.25. The number of ether oxygens (including phenoxy) is 3. The molecule has 31 heavy (non-hydrogen) atoms. The fourth-order valence-corrected chi connectivity index (χ4v) is 3.62. The van der Waals surface area contributed by atoms with Crippen molar-refractivity contribution in [3.63, 3.8) is 0 Å². The molecule has 166 valence electrons. The summed E-state index contributed by atoms with van der Waals surface area (Å²) in [6.07, 6.45) is 0. The quantitative estimate of drug-likeness (QED) is 0.399. The molecule has 0 saturated heterocycles. The van der Waals surface area contributed by atoms with E-state index in [1.54, 1.807) is 37.3 Å². The van der Waals surface area contributed by atoms with Gasteiger partial charge in [-0.3, -0.25) is 0 Å². The molecular weight excluding hydrogens is 439 g/mol. The minimum Gasteiger partial charge on any atom is -0.494 e. The van der Waals surface area contributed by atoms with Crippen LogP contribution >= 0.6 is 0 Å². The Morgan fingerprint density at radius 3 is 2.00 bits per heavy atom. The molecule has 0 radical (unpaired) electrons. The Bertz CT molecular complexity index is 1230. The van der Waals surface area contributed by atoms with E-state index in [2.05, 4.69) is 9.17 Å². The predicted molar refractivity (Wildman–Crippen MR) is 107 cm³/mol.